The Bertz CT molecular complexity index is 2520. The summed E-state index contributed by atoms with van der Waals surface area (Å²) < 4.78 is 188. The number of nitrogens with zero attached hydrogens (tertiary/aromatic N) is 4. The van der Waals surface area contributed by atoms with E-state index in [-0.39, 0.29) is 201 Å². The van der Waals surface area contributed by atoms with Crippen molar-refractivity contribution < 1.29 is 136 Å². The van der Waals surface area contributed by atoms with Gasteiger partial charge in [-0.05, 0) is 46.8 Å². The second kappa shape index (κ2) is 45.0. The van der Waals surface area contributed by atoms with Gasteiger partial charge >= 0.3 is 12.4 Å². The van der Waals surface area contributed by atoms with Gasteiger partial charge in [-0.15, -0.1) is 0 Å². The number of hydrogen-bond donors (Lipinski definition) is 5. The van der Waals surface area contributed by atoms with Crippen LogP contribution in [0, 0.1) is 0 Å². The van der Waals surface area contributed by atoms with Crippen LogP contribution in [0.1, 0.15) is 58.8 Å². The quantitative estimate of drug-likeness (QED) is 0.0465. The summed E-state index contributed by atoms with van der Waals surface area (Å²) in [7, 11) is 0. The summed E-state index contributed by atoms with van der Waals surface area (Å²) in [5.41, 5.74) is -2.15. The predicted octanol–water partition coefficient (Wildman–Crippen LogP) is 1.71. The number of halogens is 6. The predicted molar refractivity (Wildman–Crippen MR) is 335 cm³/mol. The van der Waals surface area contributed by atoms with E-state index >= 15 is 0 Å². The average molecular weight is 1450 g/mol. The molecule has 8 atom stereocenters. The topological polar surface area (TPSA) is 355 Å². The first-order valence-electron chi connectivity index (χ1n) is 33.1. The molecule has 2 aromatic rings. The minimum atomic E-state index is -4.63. The van der Waals surface area contributed by atoms with Gasteiger partial charge in [-0.2, -0.15) is 26.3 Å². The van der Waals surface area contributed by atoms with Crippen LogP contribution in [0.4, 0.5) is 38.2 Å². The minimum absolute atomic E-state index is 0.00212. The first-order chi connectivity index (χ1) is 47.9. The average Bonchev–Trinajstić information content (AvgIpc) is 1.62. The number of fused-ring (bicyclic) bond motifs is 2. The lowest BCUT2D eigenvalue weighted by atomic mass is 9.98. The van der Waals surface area contributed by atoms with Gasteiger partial charge in [0.05, 0.1) is 190 Å². The van der Waals surface area contributed by atoms with E-state index in [0.717, 1.165) is 24.5 Å². The molecule has 0 aromatic carbocycles. The standard InChI is InChI=1S/C62H97F6N9O23/c1-42(78)34-91-30-26-88-29-33-94-41-52(81)73-43(35-89-14-8-50(79)69-12-16-82-18-20-84-22-24-86-27-31-92-39-46-55-53(97-59(2,3)99-55)44(37-95-46)74-57-71-10-6-48(76-57)61(63,64)65)36-90-15-9-51(80)70-13-17-83-19-21-85-23-25-87-28-32-93-40-47-56-54(98-60(4,5)100-56)45(38-96-47)75-58-72-11-7-49(77-58)62(66,67)68/h6-7,10-11,43-47,53-56H,8-9,12-41H2,1-5H3,(H,69,79)(H,70,80)(H,73,81)(H,71,74,76)(H,72,75,77)/t44-,45-,46+,47+,53+,54+,55-,56-/m0/s1. The van der Waals surface area contributed by atoms with E-state index in [9.17, 15) is 45.5 Å². The molecule has 6 rings (SSSR count). The van der Waals surface area contributed by atoms with Crippen LogP contribution in [-0.2, 0) is 122 Å². The molecule has 4 saturated heterocycles. The van der Waals surface area contributed by atoms with Crippen molar-refractivity contribution in [1.82, 2.24) is 35.9 Å². The molecule has 4 fully saturated rings. The van der Waals surface area contributed by atoms with Gasteiger partial charge < -0.3 is 117 Å². The van der Waals surface area contributed by atoms with Gasteiger partial charge in [0.2, 0.25) is 29.6 Å². The molecule has 6 heterocycles. The highest BCUT2D eigenvalue weighted by atomic mass is 19.4. The third-order valence-electron chi connectivity index (χ3n) is 14.5. The number of ketones is 1. The number of carbonyl (C=O) groups excluding carboxylic acids is 4. The van der Waals surface area contributed by atoms with Gasteiger partial charge in [-0.3, -0.25) is 19.2 Å². The highest BCUT2D eigenvalue weighted by Crippen LogP contribution is 2.38. The smallest absolute Gasteiger partial charge is 0.379 e. The van der Waals surface area contributed by atoms with Gasteiger partial charge in [-0.25, -0.2) is 19.9 Å². The van der Waals surface area contributed by atoms with Gasteiger partial charge in [0.25, 0.3) is 0 Å². The van der Waals surface area contributed by atoms with Crippen molar-refractivity contribution in [1.29, 1.82) is 0 Å². The van der Waals surface area contributed by atoms with Crippen molar-refractivity contribution in [3.63, 3.8) is 0 Å². The number of alkyl halides is 6. The lowest BCUT2D eigenvalue weighted by Gasteiger charge is -2.37. The number of Topliss-reactive ketones (excluding diaryl/α,β-unsaturated/α-hetero) is 1. The SMILES string of the molecule is CC(=O)COCCOCCOCC(=O)NC(COCCC(=O)NCCOCCOCCOCCOC[C@H]1OC[C@H](Nc2nccc(C(F)(F)F)n2)[C@H]2OC(C)(C)O[C@H]21)COCCC(=O)NCCOCCOCCOCCOC[C@H]1OC[C@H](Nc2nccc(C(F)(F)F)n2)[C@H]2OC(C)(C)O[C@H]21. The Hall–Kier alpha value is -5.34. The molecule has 5 N–H and O–H groups in total. The summed E-state index contributed by atoms with van der Waals surface area (Å²) in [5, 5.41) is 14.1. The Morgan fingerprint density at radius 1 is 0.470 bits per heavy atom. The van der Waals surface area contributed by atoms with Crippen molar-refractivity contribution in [2.24, 2.45) is 0 Å². The van der Waals surface area contributed by atoms with Crippen LogP contribution in [0.2, 0.25) is 0 Å². The number of amides is 3. The van der Waals surface area contributed by atoms with Crippen LogP contribution in [0.25, 0.3) is 0 Å². The van der Waals surface area contributed by atoms with Crippen LogP contribution in [0.3, 0.4) is 0 Å². The number of rotatable bonds is 53. The molecule has 570 valence electrons. The molecule has 3 amide bonds. The monoisotopic (exact) mass is 1450 g/mol. The maximum Gasteiger partial charge on any atom is 0.433 e. The fourth-order valence-electron chi connectivity index (χ4n) is 10.0. The van der Waals surface area contributed by atoms with Crippen LogP contribution >= 0.6 is 0 Å². The van der Waals surface area contributed by atoms with Gasteiger partial charge in [0.15, 0.2) is 17.4 Å². The van der Waals surface area contributed by atoms with Gasteiger partial charge in [0.1, 0.15) is 61.2 Å². The van der Waals surface area contributed by atoms with Crippen molar-refractivity contribution in [2.45, 2.75) is 126 Å². The number of nitrogens with one attached hydrogen (secondary N) is 5. The van der Waals surface area contributed by atoms with Gasteiger partial charge in [0, 0.05) is 38.3 Å². The number of aromatic nitrogens is 4. The van der Waals surface area contributed by atoms with E-state index in [1.807, 2.05) is 0 Å². The molecule has 0 radical (unpaired) electrons. The normalized spacial score (nSPS) is 21.8. The summed E-state index contributed by atoms with van der Waals surface area (Å²) in [5.74, 6) is -3.48. The molecule has 0 aliphatic carbocycles. The van der Waals surface area contributed by atoms with Crippen molar-refractivity contribution in [2.75, 3.05) is 209 Å². The lowest BCUT2D eigenvalue weighted by Crippen LogP contribution is -2.55. The highest BCUT2D eigenvalue weighted by Gasteiger charge is 2.54. The van der Waals surface area contributed by atoms with Crippen LogP contribution in [-0.4, -0.2) is 308 Å². The van der Waals surface area contributed by atoms with Crippen molar-refractivity contribution in [3.8, 4) is 0 Å². The minimum Gasteiger partial charge on any atom is -0.379 e. The molecule has 4 aliphatic heterocycles. The first-order valence-corrected chi connectivity index (χ1v) is 33.1. The van der Waals surface area contributed by atoms with E-state index in [1.165, 1.54) is 6.92 Å². The third kappa shape index (κ3) is 33.4. The second-order valence-electron chi connectivity index (χ2n) is 23.8. The molecule has 0 bridgehead atoms. The molecule has 0 spiro atoms. The van der Waals surface area contributed by atoms with Crippen molar-refractivity contribution >= 4 is 35.4 Å². The summed E-state index contributed by atoms with van der Waals surface area (Å²) >= 11 is 0. The molecule has 0 unspecified atom stereocenters. The zero-order valence-corrected chi connectivity index (χ0v) is 57.1. The van der Waals surface area contributed by atoms with Crippen LogP contribution < -0.4 is 26.6 Å². The molecule has 32 nitrogen and oxygen atoms in total. The Morgan fingerprint density at radius 2 is 0.820 bits per heavy atom. The Kier molecular flexibility index (Phi) is 37.6. The molecule has 4 aliphatic rings. The number of anilines is 2. The number of hydrogen-bond acceptors (Lipinski definition) is 29. The first kappa shape index (κ1) is 83.6. The zero-order valence-electron chi connectivity index (χ0n) is 57.1. The van der Waals surface area contributed by atoms with E-state index in [0.29, 0.717) is 39.6 Å². The summed E-state index contributed by atoms with van der Waals surface area (Å²) in [6.07, 6.45) is -10.5. The fraction of sp³-hybridized carbons (Fsp3) is 0.806. The zero-order chi connectivity index (χ0) is 72.1. The Morgan fingerprint density at radius 3 is 1.20 bits per heavy atom. The Labute approximate surface area is 576 Å². The van der Waals surface area contributed by atoms with Crippen molar-refractivity contribution in [3.05, 3.63) is 35.9 Å². The van der Waals surface area contributed by atoms with Gasteiger partial charge in [-0.1, -0.05) is 0 Å². The summed E-state index contributed by atoms with van der Waals surface area (Å²) in [6.45, 7) is 13.8. The van der Waals surface area contributed by atoms with E-state index in [2.05, 4.69) is 46.5 Å². The van der Waals surface area contributed by atoms with E-state index < -0.39 is 96.0 Å². The Balaban J connectivity index is 0.730. The lowest BCUT2D eigenvalue weighted by molar-refractivity contribution is -0.161. The molecule has 2 aromatic heterocycles. The third-order valence-corrected chi connectivity index (χ3v) is 14.5. The fourth-order valence-corrected chi connectivity index (χ4v) is 10.0. The van der Waals surface area contributed by atoms with Crippen LogP contribution in [0.5, 0.6) is 0 Å². The highest BCUT2D eigenvalue weighted by molar-refractivity contribution is 5.78. The number of carbonyl (C=O) groups is 4. The molecular weight excluding hydrogens is 1350 g/mol. The summed E-state index contributed by atoms with van der Waals surface area (Å²) in [6, 6.07) is -0.243. The second-order valence-corrected chi connectivity index (χ2v) is 23.8. The van der Waals surface area contributed by atoms with E-state index in [4.69, 9.17) is 90.0 Å². The molecule has 100 heavy (non-hydrogen) atoms. The number of ether oxygens (including phenoxy) is 19. The van der Waals surface area contributed by atoms with E-state index in [1.54, 1.807) is 27.7 Å². The maximum atomic E-state index is 13.2. The largest absolute Gasteiger partial charge is 0.433 e. The van der Waals surface area contributed by atoms with Crippen LogP contribution in [0.15, 0.2) is 24.5 Å². The maximum absolute atomic E-state index is 13.2. The molecular formula is C62H97F6N9O23. The molecule has 38 heteroatoms. The summed E-state index contributed by atoms with van der Waals surface area (Å²) in [4.78, 5) is 63.8. The molecule has 0 saturated carbocycles.